The van der Waals surface area contributed by atoms with E-state index < -0.39 is 17.2 Å². The zero-order valence-electron chi connectivity index (χ0n) is 11.6. The van der Waals surface area contributed by atoms with E-state index in [1.54, 1.807) is 0 Å². The highest BCUT2D eigenvalue weighted by molar-refractivity contribution is 5.34. The van der Waals surface area contributed by atoms with Crippen molar-refractivity contribution in [1.82, 2.24) is 0 Å². The van der Waals surface area contributed by atoms with Crippen LogP contribution in [0.4, 0.5) is 8.78 Å². The van der Waals surface area contributed by atoms with E-state index in [-0.39, 0.29) is 10.8 Å². The smallest absolute Gasteiger partial charge is 0.126 e. The third-order valence-electron chi connectivity index (χ3n) is 5.85. The lowest BCUT2D eigenvalue weighted by molar-refractivity contribution is -0.151. The third-order valence-corrected chi connectivity index (χ3v) is 5.85. The third kappa shape index (κ3) is 1.42. The van der Waals surface area contributed by atoms with Crippen LogP contribution in [-0.4, -0.2) is 5.11 Å². The summed E-state index contributed by atoms with van der Waals surface area (Å²) >= 11 is 0. The predicted molar refractivity (Wildman–Crippen MR) is 69.5 cm³/mol. The lowest BCUT2D eigenvalue weighted by Crippen LogP contribution is -2.51. The van der Waals surface area contributed by atoms with Gasteiger partial charge in [0.1, 0.15) is 17.2 Å². The quantitative estimate of drug-likeness (QED) is 0.814. The maximum Gasteiger partial charge on any atom is 0.126 e. The molecule has 2 saturated carbocycles. The van der Waals surface area contributed by atoms with E-state index >= 15 is 0 Å². The number of rotatable bonds is 1. The average Bonchev–Trinajstić information content (AvgIpc) is 2.75. The molecule has 104 valence electrons. The molecule has 3 rings (SSSR count). The lowest BCUT2D eigenvalue weighted by Gasteiger charge is -2.51. The Morgan fingerprint density at radius 2 is 1.68 bits per heavy atom. The molecule has 3 unspecified atom stereocenters. The Balaban J connectivity index is 2.21. The van der Waals surface area contributed by atoms with Crippen molar-refractivity contribution < 1.29 is 13.9 Å². The Labute approximate surface area is 112 Å². The van der Waals surface area contributed by atoms with Crippen molar-refractivity contribution in [2.45, 2.75) is 45.6 Å². The van der Waals surface area contributed by atoms with Crippen LogP contribution in [0.2, 0.25) is 0 Å². The van der Waals surface area contributed by atoms with Crippen molar-refractivity contribution in [3.05, 3.63) is 35.4 Å². The van der Waals surface area contributed by atoms with E-state index in [2.05, 4.69) is 0 Å². The minimum absolute atomic E-state index is 0.290. The van der Waals surface area contributed by atoms with Gasteiger partial charge >= 0.3 is 0 Å². The molecule has 1 nitrogen and oxygen atoms in total. The van der Waals surface area contributed by atoms with Crippen molar-refractivity contribution in [3.63, 3.8) is 0 Å². The van der Waals surface area contributed by atoms with Crippen LogP contribution in [0.3, 0.4) is 0 Å². The van der Waals surface area contributed by atoms with Crippen LogP contribution in [0.15, 0.2) is 18.2 Å². The summed E-state index contributed by atoms with van der Waals surface area (Å²) in [6.07, 6.45) is 2.92. The second-order valence-corrected chi connectivity index (χ2v) is 7.09. The van der Waals surface area contributed by atoms with Gasteiger partial charge in [-0.25, -0.2) is 8.78 Å². The van der Waals surface area contributed by atoms with Crippen LogP contribution in [0.25, 0.3) is 0 Å². The molecule has 19 heavy (non-hydrogen) atoms. The second kappa shape index (κ2) is 3.57. The summed E-state index contributed by atoms with van der Waals surface area (Å²) < 4.78 is 27.0. The molecule has 2 fully saturated rings. The van der Waals surface area contributed by atoms with Gasteiger partial charge in [-0.15, -0.1) is 0 Å². The van der Waals surface area contributed by atoms with E-state index in [0.717, 1.165) is 25.3 Å². The Hall–Kier alpha value is -0.960. The maximum atomic E-state index is 13.5. The first-order chi connectivity index (χ1) is 8.71. The van der Waals surface area contributed by atoms with Crippen LogP contribution in [0.1, 0.15) is 45.6 Å². The van der Waals surface area contributed by atoms with Gasteiger partial charge < -0.3 is 5.11 Å². The van der Waals surface area contributed by atoms with E-state index in [1.807, 2.05) is 20.8 Å². The molecule has 0 spiro atoms. The summed E-state index contributed by atoms with van der Waals surface area (Å²) in [6.45, 7) is 6.08. The Bertz CT molecular complexity index is 513. The Morgan fingerprint density at radius 1 is 1.11 bits per heavy atom. The molecule has 2 bridgehead atoms. The maximum absolute atomic E-state index is 13.5. The molecule has 2 aliphatic rings. The molecule has 0 heterocycles. The van der Waals surface area contributed by atoms with E-state index in [1.165, 1.54) is 12.1 Å². The summed E-state index contributed by atoms with van der Waals surface area (Å²) in [5.74, 6) is -0.829. The van der Waals surface area contributed by atoms with Crippen LogP contribution < -0.4 is 0 Å². The number of fused-ring (bicyclic) bond motifs is 2. The summed E-state index contributed by atoms with van der Waals surface area (Å²) in [6, 6.07) is 3.43. The van der Waals surface area contributed by atoms with Gasteiger partial charge in [0.2, 0.25) is 0 Å². The number of halogens is 2. The fraction of sp³-hybridized carbons (Fsp3) is 0.625. The largest absolute Gasteiger partial charge is 0.384 e. The van der Waals surface area contributed by atoms with Gasteiger partial charge in [0.15, 0.2) is 0 Å². The lowest BCUT2D eigenvalue weighted by atomic mass is 9.58. The molecule has 1 aromatic carbocycles. The standard InChI is InChI=1S/C16H20F2O/c1-14(2)10-4-5-15(3,9-10)16(14,19)11-6-12(17)8-13(18)7-11/h6-8,10,19H,4-5,9H2,1-3H3. The highest BCUT2D eigenvalue weighted by Crippen LogP contribution is 2.71. The zero-order chi connectivity index (χ0) is 14.1. The Kier molecular flexibility index (Phi) is 2.45. The molecular formula is C16H20F2O. The van der Waals surface area contributed by atoms with Gasteiger partial charge in [-0.05, 0) is 42.9 Å². The van der Waals surface area contributed by atoms with Crippen molar-refractivity contribution in [2.24, 2.45) is 16.7 Å². The normalized spacial score (nSPS) is 39.8. The average molecular weight is 266 g/mol. The minimum atomic E-state index is -1.16. The van der Waals surface area contributed by atoms with Crippen LogP contribution in [0.5, 0.6) is 0 Å². The topological polar surface area (TPSA) is 20.2 Å². The molecule has 0 saturated heterocycles. The Morgan fingerprint density at radius 3 is 2.16 bits per heavy atom. The molecule has 0 aromatic heterocycles. The monoisotopic (exact) mass is 266 g/mol. The van der Waals surface area contributed by atoms with Crippen molar-refractivity contribution in [2.75, 3.05) is 0 Å². The van der Waals surface area contributed by atoms with Crippen molar-refractivity contribution >= 4 is 0 Å². The van der Waals surface area contributed by atoms with Gasteiger partial charge in [0, 0.05) is 16.9 Å². The first-order valence-corrected chi connectivity index (χ1v) is 6.90. The fourth-order valence-corrected chi connectivity index (χ4v) is 4.74. The molecule has 1 aromatic rings. The van der Waals surface area contributed by atoms with Crippen LogP contribution in [-0.2, 0) is 5.60 Å². The summed E-state index contributed by atoms with van der Waals surface area (Å²) in [5, 5.41) is 11.4. The van der Waals surface area contributed by atoms with Gasteiger partial charge in [-0.3, -0.25) is 0 Å². The molecule has 0 aliphatic heterocycles. The molecule has 0 amide bonds. The van der Waals surface area contributed by atoms with Crippen LogP contribution in [0, 0.1) is 28.4 Å². The van der Waals surface area contributed by atoms with E-state index in [0.29, 0.717) is 11.5 Å². The molecule has 1 N–H and O–H groups in total. The number of benzene rings is 1. The molecular weight excluding hydrogens is 246 g/mol. The van der Waals surface area contributed by atoms with E-state index in [9.17, 15) is 13.9 Å². The molecule has 0 radical (unpaired) electrons. The zero-order valence-corrected chi connectivity index (χ0v) is 11.6. The fourth-order valence-electron chi connectivity index (χ4n) is 4.74. The SMILES string of the molecule is CC12CCC(C1)C(C)(C)C2(O)c1cc(F)cc(F)c1. The number of aliphatic hydroxyl groups is 1. The molecule has 3 atom stereocenters. The second-order valence-electron chi connectivity index (χ2n) is 7.09. The van der Waals surface area contributed by atoms with Gasteiger partial charge in [0.05, 0.1) is 0 Å². The summed E-state index contributed by atoms with van der Waals surface area (Å²) in [4.78, 5) is 0. The van der Waals surface area contributed by atoms with E-state index in [4.69, 9.17) is 0 Å². The number of hydrogen-bond acceptors (Lipinski definition) is 1. The van der Waals surface area contributed by atoms with Gasteiger partial charge in [0.25, 0.3) is 0 Å². The first-order valence-electron chi connectivity index (χ1n) is 6.90. The van der Waals surface area contributed by atoms with Crippen LogP contribution >= 0.6 is 0 Å². The number of hydrogen-bond donors (Lipinski definition) is 1. The predicted octanol–water partition coefficient (Wildman–Crippen LogP) is 4.00. The summed E-state index contributed by atoms with van der Waals surface area (Å²) in [7, 11) is 0. The van der Waals surface area contributed by atoms with Gasteiger partial charge in [-0.1, -0.05) is 20.8 Å². The molecule has 2 aliphatic carbocycles. The van der Waals surface area contributed by atoms with Crippen molar-refractivity contribution in [3.8, 4) is 0 Å². The molecule has 3 heteroatoms. The summed E-state index contributed by atoms with van der Waals surface area (Å²) in [5.41, 5.74) is -1.42. The minimum Gasteiger partial charge on any atom is -0.384 e. The van der Waals surface area contributed by atoms with Gasteiger partial charge in [-0.2, -0.15) is 0 Å². The van der Waals surface area contributed by atoms with Crippen molar-refractivity contribution in [1.29, 1.82) is 0 Å². The highest BCUT2D eigenvalue weighted by Gasteiger charge is 2.69. The highest BCUT2D eigenvalue weighted by atomic mass is 19.1. The first kappa shape index (κ1) is 13.0.